The first-order valence-electron chi connectivity index (χ1n) is 3.69. The van der Waals surface area contributed by atoms with Crippen molar-refractivity contribution in [3.8, 4) is 0 Å². The SMILES string of the molecule is CCC(O)([SiH3])O[Si](C)(C)C. The van der Waals surface area contributed by atoms with Crippen LogP contribution in [-0.4, -0.2) is 29.1 Å². The van der Waals surface area contributed by atoms with Crippen molar-refractivity contribution in [3.05, 3.63) is 0 Å². The van der Waals surface area contributed by atoms with Crippen molar-refractivity contribution in [2.24, 2.45) is 0 Å². The largest absolute Gasteiger partial charge is 0.395 e. The molecule has 0 rings (SSSR count). The lowest BCUT2D eigenvalue weighted by Crippen LogP contribution is -2.42. The van der Waals surface area contributed by atoms with Crippen LogP contribution in [0.5, 0.6) is 0 Å². The predicted molar refractivity (Wildman–Crippen MR) is 49.6 cm³/mol. The second-order valence-corrected chi connectivity index (χ2v) is 9.73. The lowest BCUT2D eigenvalue weighted by molar-refractivity contribution is -0.0704. The van der Waals surface area contributed by atoms with Gasteiger partial charge >= 0.3 is 0 Å². The van der Waals surface area contributed by atoms with Crippen LogP contribution in [0.2, 0.25) is 19.6 Å². The second-order valence-electron chi connectivity index (χ2n) is 3.74. The molecule has 0 radical (unpaired) electrons. The summed E-state index contributed by atoms with van der Waals surface area (Å²) in [5.74, 6) is 0. The first-order valence-corrected chi connectivity index (χ1v) is 8.10. The van der Waals surface area contributed by atoms with Gasteiger partial charge in [-0.1, -0.05) is 6.92 Å². The fourth-order valence-corrected chi connectivity index (χ4v) is 4.03. The number of hydrogen-bond donors (Lipinski definition) is 1. The van der Waals surface area contributed by atoms with Crippen LogP contribution in [0.15, 0.2) is 0 Å². The highest BCUT2D eigenvalue weighted by Gasteiger charge is 2.26. The highest BCUT2D eigenvalue weighted by atomic mass is 28.4. The Hall–Kier alpha value is 0.354. The molecule has 0 fully saturated rings. The summed E-state index contributed by atoms with van der Waals surface area (Å²) in [7, 11) is -0.831. The molecule has 1 unspecified atom stereocenters. The molecule has 0 amide bonds. The molecule has 0 heterocycles. The third kappa shape index (κ3) is 5.16. The van der Waals surface area contributed by atoms with Crippen LogP contribution < -0.4 is 0 Å². The molecule has 0 aliphatic heterocycles. The summed E-state index contributed by atoms with van der Waals surface area (Å²) in [6.45, 7) is 8.22. The molecule has 0 aromatic heterocycles. The summed E-state index contributed by atoms with van der Waals surface area (Å²) < 4.78 is 5.53. The van der Waals surface area contributed by atoms with E-state index in [9.17, 15) is 5.11 Å². The molecule has 0 saturated heterocycles. The highest BCUT2D eigenvalue weighted by molar-refractivity contribution is 6.70. The molecule has 2 nitrogen and oxygen atoms in total. The van der Waals surface area contributed by atoms with Gasteiger partial charge in [0, 0.05) is 0 Å². The Morgan fingerprint density at radius 3 is 2.00 bits per heavy atom. The standard InChI is InChI=1S/C6H18O2Si2/c1-5-6(7,9)8-10(2,3)4/h7H,5H2,1-4,9H3. The molecule has 0 aromatic carbocycles. The molecule has 1 atom stereocenters. The van der Waals surface area contributed by atoms with Crippen LogP contribution in [0.1, 0.15) is 13.3 Å². The van der Waals surface area contributed by atoms with Gasteiger partial charge in [-0.2, -0.15) is 0 Å². The van der Waals surface area contributed by atoms with E-state index in [1.54, 1.807) is 0 Å². The van der Waals surface area contributed by atoms with Crippen LogP contribution in [0, 0.1) is 0 Å². The molecule has 0 saturated carbocycles. The van der Waals surface area contributed by atoms with Gasteiger partial charge in [0.1, 0.15) is 5.41 Å². The molecule has 10 heavy (non-hydrogen) atoms. The van der Waals surface area contributed by atoms with Gasteiger partial charge < -0.3 is 9.53 Å². The predicted octanol–water partition coefficient (Wildman–Crippen LogP) is 0.259. The van der Waals surface area contributed by atoms with Crippen molar-refractivity contribution >= 4 is 18.6 Å². The zero-order chi connectivity index (χ0) is 8.41. The second kappa shape index (κ2) is 3.17. The highest BCUT2D eigenvalue weighted by Crippen LogP contribution is 2.14. The Balaban J connectivity index is 3.89. The van der Waals surface area contributed by atoms with Crippen LogP contribution in [0.3, 0.4) is 0 Å². The average Bonchev–Trinajstić information content (AvgIpc) is 1.60. The van der Waals surface area contributed by atoms with Crippen LogP contribution >= 0.6 is 0 Å². The maximum atomic E-state index is 9.53. The molecule has 0 aliphatic carbocycles. The minimum Gasteiger partial charge on any atom is -0.395 e. The molecule has 62 valence electrons. The Bertz CT molecular complexity index is 107. The Morgan fingerprint density at radius 1 is 1.50 bits per heavy atom. The molecule has 4 heteroatoms. The first kappa shape index (κ1) is 10.4. The average molecular weight is 178 g/mol. The first-order chi connectivity index (χ1) is 4.27. The smallest absolute Gasteiger partial charge is 0.187 e. The third-order valence-electron chi connectivity index (χ3n) is 1.18. The van der Waals surface area contributed by atoms with E-state index in [2.05, 4.69) is 19.6 Å². The lowest BCUT2D eigenvalue weighted by atomic mass is 10.5. The zero-order valence-corrected chi connectivity index (χ0v) is 10.6. The normalized spacial score (nSPS) is 18.9. The molecular formula is C6H18O2Si2. The molecular weight excluding hydrogens is 160 g/mol. The van der Waals surface area contributed by atoms with E-state index >= 15 is 0 Å². The number of hydrogen-bond acceptors (Lipinski definition) is 2. The summed E-state index contributed by atoms with van der Waals surface area (Å²) in [6, 6.07) is 0. The van der Waals surface area contributed by atoms with Crippen molar-refractivity contribution in [3.63, 3.8) is 0 Å². The fraction of sp³-hybridized carbons (Fsp3) is 1.00. The van der Waals surface area contributed by atoms with Crippen molar-refractivity contribution < 1.29 is 9.53 Å². The maximum absolute atomic E-state index is 9.53. The number of rotatable bonds is 3. The van der Waals surface area contributed by atoms with Crippen LogP contribution in [-0.2, 0) is 4.43 Å². The van der Waals surface area contributed by atoms with Crippen molar-refractivity contribution in [2.75, 3.05) is 0 Å². The molecule has 1 N–H and O–H groups in total. The van der Waals surface area contributed by atoms with E-state index in [0.717, 1.165) is 0 Å². The van der Waals surface area contributed by atoms with Gasteiger partial charge in [-0.25, -0.2) is 0 Å². The summed E-state index contributed by atoms with van der Waals surface area (Å²) >= 11 is 0. The number of aliphatic hydroxyl groups is 1. The molecule has 0 aliphatic rings. The van der Waals surface area contributed by atoms with E-state index in [1.807, 2.05) is 6.92 Å². The third-order valence-corrected chi connectivity index (χ3v) is 3.55. The zero-order valence-electron chi connectivity index (χ0n) is 7.56. The summed E-state index contributed by atoms with van der Waals surface area (Å²) in [6.07, 6.45) is 0.712. The van der Waals surface area contributed by atoms with Gasteiger partial charge in [-0.15, -0.1) is 0 Å². The maximum Gasteiger partial charge on any atom is 0.187 e. The van der Waals surface area contributed by atoms with Crippen molar-refractivity contribution in [2.45, 2.75) is 38.4 Å². The van der Waals surface area contributed by atoms with E-state index in [-0.39, 0.29) is 0 Å². The molecule has 0 bridgehead atoms. The van der Waals surface area contributed by atoms with E-state index in [1.165, 1.54) is 0 Å². The van der Waals surface area contributed by atoms with Gasteiger partial charge in [0.2, 0.25) is 0 Å². The minimum atomic E-state index is -1.53. The summed E-state index contributed by atoms with van der Waals surface area (Å²) in [5, 5.41) is 9.53. The Labute approximate surface area is 67.1 Å². The molecule has 0 aromatic rings. The summed E-state index contributed by atoms with van der Waals surface area (Å²) in [4.78, 5) is 0. The van der Waals surface area contributed by atoms with Gasteiger partial charge in [0.05, 0.1) is 10.2 Å². The Morgan fingerprint density at radius 2 is 1.90 bits per heavy atom. The van der Waals surface area contributed by atoms with Crippen LogP contribution in [0.25, 0.3) is 0 Å². The van der Waals surface area contributed by atoms with Gasteiger partial charge in [0.25, 0.3) is 0 Å². The van der Waals surface area contributed by atoms with Gasteiger partial charge in [0.15, 0.2) is 8.32 Å². The van der Waals surface area contributed by atoms with E-state index in [0.29, 0.717) is 16.7 Å². The fourth-order valence-electron chi connectivity index (χ4n) is 0.732. The Kier molecular flexibility index (Phi) is 3.28. The van der Waals surface area contributed by atoms with E-state index < -0.39 is 13.7 Å². The van der Waals surface area contributed by atoms with Gasteiger partial charge in [-0.05, 0) is 26.1 Å². The topological polar surface area (TPSA) is 29.5 Å². The van der Waals surface area contributed by atoms with E-state index in [4.69, 9.17) is 4.43 Å². The van der Waals surface area contributed by atoms with Crippen molar-refractivity contribution in [1.29, 1.82) is 0 Å². The lowest BCUT2D eigenvalue weighted by Gasteiger charge is -2.30. The molecule has 0 spiro atoms. The van der Waals surface area contributed by atoms with Crippen LogP contribution in [0.4, 0.5) is 0 Å². The minimum absolute atomic E-state index is 0.698. The van der Waals surface area contributed by atoms with Crippen molar-refractivity contribution in [1.82, 2.24) is 0 Å². The van der Waals surface area contributed by atoms with Gasteiger partial charge in [-0.3, -0.25) is 0 Å². The summed E-state index contributed by atoms with van der Waals surface area (Å²) in [5.41, 5.74) is -0.773. The quantitative estimate of drug-likeness (QED) is 0.496. The monoisotopic (exact) mass is 178 g/mol.